The molecule has 6 heteroatoms. The Bertz CT molecular complexity index is 518. The van der Waals surface area contributed by atoms with Gasteiger partial charge in [0.15, 0.2) is 12.3 Å². The van der Waals surface area contributed by atoms with Crippen LogP contribution < -0.4 is 4.90 Å². The molecule has 0 amide bonds. The van der Waals surface area contributed by atoms with Crippen LogP contribution in [-0.2, 0) is 19.3 Å². The van der Waals surface area contributed by atoms with Gasteiger partial charge in [0.25, 0.3) is 0 Å². The second-order valence-electron chi connectivity index (χ2n) is 4.53. The van der Waals surface area contributed by atoms with Crippen molar-refractivity contribution in [1.82, 2.24) is 19.5 Å². The molecule has 2 aromatic heterocycles. The lowest BCUT2D eigenvalue weighted by Crippen LogP contribution is -3.12. The number of aromatic nitrogens is 4. The highest BCUT2D eigenvalue weighted by atomic mass is 32.1. The van der Waals surface area contributed by atoms with E-state index in [1.54, 1.807) is 4.90 Å². The fraction of sp³-hybridized carbons (Fsp3) is 0.545. The first-order valence-electron chi connectivity index (χ1n) is 6.01. The van der Waals surface area contributed by atoms with Gasteiger partial charge >= 0.3 is 0 Å². The third kappa shape index (κ3) is 2.10. The van der Waals surface area contributed by atoms with E-state index < -0.39 is 0 Å². The predicted molar refractivity (Wildman–Crippen MR) is 65.5 cm³/mol. The zero-order valence-electron chi connectivity index (χ0n) is 9.59. The highest BCUT2D eigenvalue weighted by Crippen LogP contribution is 2.11. The molecule has 0 aromatic carbocycles. The van der Waals surface area contributed by atoms with Gasteiger partial charge in [0.1, 0.15) is 18.2 Å². The van der Waals surface area contributed by atoms with Crippen LogP contribution in [0.4, 0.5) is 0 Å². The molecule has 1 aliphatic heterocycles. The molecule has 0 bridgehead atoms. The number of nitrogens with one attached hydrogen (secondary N) is 1. The summed E-state index contributed by atoms with van der Waals surface area (Å²) < 4.78 is 2.09. The van der Waals surface area contributed by atoms with E-state index in [9.17, 15) is 0 Å². The molecule has 1 N–H and O–H groups in total. The van der Waals surface area contributed by atoms with Crippen LogP contribution in [0.3, 0.4) is 0 Å². The molecule has 1 aliphatic rings. The van der Waals surface area contributed by atoms with Crippen LogP contribution in [0, 0.1) is 0 Å². The summed E-state index contributed by atoms with van der Waals surface area (Å²) in [6.07, 6.45) is 7.37. The standard InChI is InChI=1S/C11H15N5S/c17-11-9-10(12-6-13-11)16(7-14-9)8-15-4-2-1-3-5-15/h6-7H,1-5,8H2,(H,12,13,17). The second-order valence-corrected chi connectivity index (χ2v) is 4.92. The number of hydrogen-bond acceptors (Lipinski definition) is 4. The maximum Gasteiger partial charge on any atom is 0.165 e. The molecule has 0 unspecified atom stereocenters. The third-order valence-corrected chi connectivity index (χ3v) is 3.62. The molecule has 0 aliphatic carbocycles. The van der Waals surface area contributed by atoms with Crippen molar-refractivity contribution in [3.63, 3.8) is 0 Å². The highest BCUT2D eigenvalue weighted by Gasteiger charge is 2.15. The fourth-order valence-electron chi connectivity index (χ4n) is 2.43. The van der Waals surface area contributed by atoms with Gasteiger partial charge in [-0.25, -0.2) is 9.97 Å². The predicted octanol–water partition coefficient (Wildman–Crippen LogP) is -0.242. The average Bonchev–Trinajstić information content (AvgIpc) is 2.76. The van der Waals surface area contributed by atoms with Gasteiger partial charge in [0, 0.05) is 0 Å². The molecule has 0 saturated carbocycles. The minimum Gasteiger partial charge on any atom is -0.758 e. The molecule has 1 saturated heterocycles. The molecular formula is C11H15N5S. The van der Waals surface area contributed by atoms with Crippen LogP contribution in [0.2, 0.25) is 0 Å². The molecular weight excluding hydrogens is 234 g/mol. The lowest BCUT2D eigenvalue weighted by molar-refractivity contribution is -0.927. The molecule has 3 rings (SSSR count). The number of piperidine rings is 1. The van der Waals surface area contributed by atoms with Gasteiger partial charge < -0.3 is 17.5 Å². The zero-order valence-corrected chi connectivity index (χ0v) is 10.4. The summed E-state index contributed by atoms with van der Waals surface area (Å²) in [5.41, 5.74) is 1.61. The Labute approximate surface area is 105 Å². The molecule has 0 atom stereocenters. The van der Waals surface area contributed by atoms with E-state index in [4.69, 9.17) is 12.6 Å². The molecule has 17 heavy (non-hydrogen) atoms. The van der Waals surface area contributed by atoms with Crippen molar-refractivity contribution in [2.24, 2.45) is 0 Å². The maximum absolute atomic E-state index is 5.14. The van der Waals surface area contributed by atoms with Crippen molar-refractivity contribution in [1.29, 1.82) is 0 Å². The first-order valence-corrected chi connectivity index (χ1v) is 6.42. The summed E-state index contributed by atoms with van der Waals surface area (Å²) in [7, 11) is 0. The van der Waals surface area contributed by atoms with E-state index in [-0.39, 0.29) is 0 Å². The summed E-state index contributed by atoms with van der Waals surface area (Å²) in [4.78, 5) is 14.2. The summed E-state index contributed by atoms with van der Waals surface area (Å²) >= 11 is 5.14. The Morgan fingerprint density at radius 2 is 2.00 bits per heavy atom. The summed E-state index contributed by atoms with van der Waals surface area (Å²) in [5.74, 6) is 0. The Balaban J connectivity index is 1.87. The third-order valence-electron chi connectivity index (χ3n) is 3.32. The number of nitrogens with zero attached hydrogens (tertiary/aromatic N) is 4. The van der Waals surface area contributed by atoms with Crippen LogP contribution in [0.15, 0.2) is 17.7 Å². The number of rotatable bonds is 2. The monoisotopic (exact) mass is 249 g/mol. The summed E-state index contributed by atoms with van der Waals surface area (Å²) in [5, 5.41) is 0.544. The minimum absolute atomic E-state index is 0.544. The maximum atomic E-state index is 5.14. The average molecular weight is 249 g/mol. The van der Waals surface area contributed by atoms with Crippen LogP contribution in [0.5, 0.6) is 0 Å². The van der Waals surface area contributed by atoms with Crippen molar-refractivity contribution in [3.8, 4) is 0 Å². The van der Waals surface area contributed by atoms with Gasteiger partial charge in [0.2, 0.25) is 0 Å². The van der Waals surface area contributed by atoms with Gasteiger partial charge in [-0.15, -0.1) is 0 Å². The highest BCUT2D eigenvalue weighted by molar-refractivity contribution is 7.58. The minimum atomic E-state index is 0.544. The largest absolute Gasteiger partial charge is 0.758 e. The molecule has 0 spiro atoms. The first kappa shape index (κ1) is 10.9. The molecule has 1 fully saturated rings. The van der Waals surface area contributed by atoms with E-state index in [0.717, 1.165) is 17.8 Å². The van der Waals surface area contributed by atoms with Crippen molar-refractivity contribution >= 4 is 23.8 Å². The molecule has 5 nitrogen and oxygen atoms in total. The Hall–Kier alpha value is -1.27. The van der Waals surface area contributed by atoms with Crippen molar-refractivity contribution in [2.45, 2.75) is 31.0 Å². The molecule has 0 radical (unpaired) electrons. The Morgan fingerprint density at radius 3 is 2.82 bits per heavy atom. The molecule has 2 aromatic rings. The molecule has 90 valence electrons. The van der Waals surface area contributed by atoms with E-state index >= 15 is 0 Å². The van der Waals surface area contributed by atoms with Crippen LogP contribution in [-0.4, -0.2) is 32.6 Å². The van der Waals surface area contributed by atoms with Gasteiger partial charge in [-0.3, -0.25) is 9.55 Å². The van der Waals surface area contributed by atoms with E-state index in [2.05, 4.69) is 19.5 Å². The molecule has 3 heterocycles. The van der Waals surface area contributed by atoms with E-state index in [0.29, 0.717) is 5.03 Å². The zero-order chi connectivity index (χ0) is 11.7. The first-order chi connectivity index (χ1) is 8.34. The number of quaternary nitrogens is 1. The summed E-state index contributed by atoms with van der Waals surface area (Å²) in [6.45, 7) is 3.42. The van der Waals surface area contributed by atoms with Crippen molar-refractivity contribution in [2.75, 3.05) is 13.1 Å². The fourth-order valence-corrected chi connectivity index (χ4v) is 2.62. The smallest absolute Gasteiger partial charge is 0.165 e. The topological polar surface area (TPSA) is 48.0 Å². The summed E-state index contributed by atoms with van der Waals surface area (Å²) in [6, 6.07) is 0. The number of fused-ring (bicyclic) bond motifs is 1. The van der Waals surface area contributed by atoms with Crippen molar-refractivity contribution in [3.05, 3.63) is 12.7 Å². The quantitative estimate of drug-likeness (QED) is 0.589. The second kappa shape index (κ2) is 4.54. The SMILES string of the molecule is [S-]c1ncnc2c1ncn2C[NH+]1CCCCC1. The number of imidazole rings is 1. The van der Waals surface area contributed by atoms with Crippen molar-refractivity contribution < 1.29 is 4.90 Å². The number of likely N-dealkylation sites (tertiary alicyclic amines) is 1. The Morgan fingerprint density at radius 1 is 1.18 bits per heavy atom. The van der Waals surface area contributed by atoms with Gasteiger partial charge in [-0.05, 0) is 19.3 Å². The van der Waals surface area contributed by atoms with Crippen LogP contribution >= 0.6 is 0 Å². The van der Waals surface area contributed by atoms with E-state index in [1.807, 2.05) is 6.33 Å². The van der Waals surface area contributed by atoms with Gasteiger partial charge in [0.05, 0.1) is 13.1 Å². The van der Waals surface area contributed by atoms with Crippen LogP contribution in [0.1, 0.15) is 19.3 Å². The van der Waals surface area contributed by atoms with Crippen LogP contribution in [0.25, 0.3) is 11.2 Å². The lowest BCUT2D eigenvalue weighted by atomic mass is 10.1. The normalized spacial score (nSPS) is 17.6. The van der Waals surface area contributed by atoms with Gasteiger partial charge in [-0.1, -0.05) is 5.03 Å². The van der Waals surface area contributed by atoms with E-state index in [1.165, 1.54) is 38.7 Å². The Kier molecular flexibility index (Phi) is 2.90. The van der Waals surface area contributed by atoms with Gasteiger partial charge in [-0.2, -0.15) is 0 Å². The number of hydrogen-bond donors (Lipinski definition) is 1. The lowest BCUT2D eigenvalue weighted by Gasteiger charge is -2.23.